The molecule has 4 nitrogen and oxygen atoms in total. The second kappa shape index (κ2) is 3.70. The van der Waals surface area contributed by atoms with Crippen LogP contribution in [0.4, 0.5) is 0 Å². The van der Waals surface area contributed by atoms with Gasteiger partial charge in [-0.2, -0.15) is 0 Å². The molecule has 0 bridgehead atoms. The van der Waals surface area contributed by atoms with Gasteiger partial charge in [0.15, 0.2) is 5.65 Å². The van der Waals surface area contributed by atoms with Crippen molar-refractivity contribution < 1.29 is 0 Å². The summed E-state index contributed by atoms with van der Waals surface area (Å²) in [6, 6.07) is 2.01. The van der Waals surface area contributed by atoms with Crippen LogP contribution in [-0.4, -0.2) is 28.7 Å². The predicted molar refractivity (Wildman–Crippen MR) is 61.9 cm³/mol. The van der Waals surface area contributed by atoms with E-state index in [2.05, 4.69) is 9.97 Å². The summed E-state index contributed by atoms with van der Waals surface area (Å²) in [6.45, 7) is 2.00. The summed E-state index contributed by atoms with van der Waals surface area (Å²) in [5, 5.41) is 1.93. The van der Waals surface area contributed by atoms with Crippen LogP contribution in [0.1, 0.15) is 11.4 Å². The molecule has 80 valence electrons. The van der Waals surface area contributed by atoms with Gasteiger partial charge < -0.3 is 5.01 Å². The summed E-state index contributed by atoms with van der Waals surface area (Å²) in [6.07, 6.45) is 1.84. The Hall–Kier alpha value is -1.29. The molecule has 15 heavy (non-hydrogen) atoms. The quantitative estimate of drug-likeness (QED) is 0.728. The Kier molecular flexibility index (Phi) is 2.52. The van der Waals surface area contributed by atoms with Crippen molar-refractivity contribution in [1.82, 2.24) is 14.6 Å². The fourth-order valence-corrected chi connectivity index (χ4v) is 1.78. The minimum Gasteiger partial charge on any atom is -0.316 e. The molecular weight excluding hydrogens is 212 g/mol. The van der Waals surface area contributed by atoms with E-state index in [9.17, 15) is 0 Å². The third-order valence-corrected chi connectivity index (χ3v) is 2.44. The van der Waals surface area contributed by atoms with E-state index in [0.29, 0.717) is 5.88 Å². The first-order valence-electron chi connectivity index (χ1n) is 4.71. The summed E-state index contributed by atoms with van der Waals surface area (Å²) in [5.41, 5.74) is 2.84. The number of imidazole rings is 1. The first-order valence-corrected chi connectivity index (χ1v) is 5.24. The molecule has 0 N–H and O–H groups in total. The van der Waals surface area contributed by atoms with Gasteiger partial charge in [0.1, 0.15) is 11.3 Å². The van der Waals surface area contributed by atoms with E-state index >= 15 is 0 Å². The molecule has 0 saturated heterocycles. The topological polar surface area (TPSA) is 34.0 Å². The van der Waals surface area contributed by atoms with Crippen LogP contribution < -0.4 is 5.01 Å². The fourth-order valence-electron chi connectivity index (χ4n) is 1.61. The third kappa shape index (κ3) is 1.65. The van der Waals surface area contributed by atoms with Crippen molar-refractivity contribution in [2.75, 3.05) is 19.1 Å². The first kappa shape index (κ1) is 10.2. The molecule has 0 atom stereocenters. The van der Waals surface area contributed by atoms with Gasteiger partial charge >= 0.3 is 0 Å². The summed E-state index contributed by atoms with van der Waals surface area (Å²) >= 11 is 5.85. The van der Waals surface area contributed by atoms with Gasteiger partial charge in [-0.25, -0.2) is 14.6 Å². The minimum absolute atomic E-state index is 0.383. The van der Waals surface area contributed by atoms with Crippen LogP contribution in [0.5, 0.6) is 0 Å². The highest BCUT2D eigenvalue weighted by molar-refractivity contribution is 6.16. The number of aryl methyl sites for hydroxylation is 1. The highest BCUT2D eigenvalue weighted by Gasteiger charge is 2.12. The zero-order chi connectivity index (χ0) is 11.0. The average molecular weight is 225 g/mol. The van der Waals surface area contributed by atoms with Gasteiger partial charge in [-0.05, 0) is 18.6 Å². The average Bonchev–Trinajstić information content (AvgIpc) is 2.54. The minimum atomic E-state index is 0.383. The van der Waals surface area contributed by atoms with E-state index < -0.39 is 0 Å². The van der Waals surface area contributed by atoms with Gasteiger partial charge in [-0.3, -0.25) is 0 Å². The largest absolute Gasteiger partial charge is 0.316 e. The Morgan fingerprint density at radius 1 is 1.47 bits per heavy atom. The highest BCUT2D eigenvalue weighted by Crippen LogP contribution is 2.16. The maximum atomic E-state index is 5.85. The predicted octanol–water partition coefficient (Wildman–Crippen LogP) is 1.68. The Morgan fingerprint density at radius 2 is 2.20 bits per heavy atom. The molecule has 0 fully saturated rings. The van der Waals surface area contributed by atoms with Crippen LogP contribution in [0.25, 0.3) is 11.2 Å². The molecule has 2 rings (SSSR count). The third-order valence-electron chi connectivity index (χ3n) is 2.20. The molecule has 0 spiro atoms. The van der Waals surface area contributed by atoms with E-state index in [0.717, 1.165) is 22.6 Å². The van der Waals surface area contributed by atoms with E-state index in [1.165, 1.54) is 0 Å². The van der Waals surface area contributed by atoms with Gasteiger partial charge in [0, 0.05) is 20.3 Å². The molecule has 2 aromatic heterocycles. The lowest BCUT2D eigenvalue weighted by Crippen LogP contribution is -2.26. The molecular formula is C10H13ClN4. The highest BCUT2D eigenvalue weighted by atomic mass is 35.5. The monoisotopic (exact) mass is 224 g/mol. The maximum absolute atomic E-state index is 5.85. The zero-order valence-corrected chi connectivity index (χ0v) is 9.78. The fraction of sp³-hybridized carbons (Fsp3) is 0.400. The summed E-state index contributed by atoms with van der Waals surface area (Å²) < 4.78 is 1.92. The van der Waals surface area contributed by atoms with E-state index in [-0.39, 0.29) is 0 Å². The second-order valence-corrected chi connectivity index (χ2v) is 3.94. The Bertz CT molecular complexity index is 489. The van der Waals surface area contributed by atoms with Crippen LogP contribution in [-0.2, 0) is 5.88 Å². The molecule has 0 aromatic carbocycles. The lowest BCUT2D eigenvalue weighted by molar-refractivity contribution is 0.713. The zero-order valence-electron chi connectivity index (χ0n) is 9.03. The molecule has 0 aliphatic rings. The van der Waals surface area contributed by atoms with Crippen LogP contribution in [0, 0.1) is 6.92 Å². The van der Waals surface area contributed by atoms with Crippen molar-refractivity contribution in [1.29, 1.82) is 0 Å². The van der Waals surface area contributed by atoms with E-state index in [1.807, 2.05) is 43.0 Å². The van der Waals surface area contributed by atoms with Crippen molar-refractivity contribution >= 4 is 22.8 Å². The van der Waals surface area contributed by atoms with E-state index in [4.69, 9.17) is 11.6 Å². The van der Waals surface area contributed by atoms with Gasteiger partial charge in [0.2, 0.25) is 0 Å². The van der Waals surface area contributed by atoms with Gasteiger partial charge in [0.05, 0.1) is 5.88 Å². The number of alkyl halides is 1. The number of pyridine rings is 1. The van der Waals surface area contributed by atoms with E-state index in [1.54, 1.807) is 0 Å². The van der Waals surface area contributed by atoms with Gasteiger partial charge in [-0.1, -0.05) is 0 Å². The number of nitrogens with zero attached hydrogens (tertiary/aromatic N) is 4. The van der Waals surface area contributed by atoms with Crippen molar-refractivity contribution in [3.05, 3.63) is 23.7 Å². The van der Waals surface area contributed by atoms with Crippen molar-refractivity contribution in [3.8, 4) is 0 Å². The van der Waals surface area contributed by atoms with Crippen LogP contribution >= 0.6 is 11.6 Å². The van der Waals surface area contributed by atoms with Gasteiger partial charge in [-0.15, -0.1) is 11.6 Å². The van der Waals surface area contributed by atoms with Gasteiger partial charge in [0.25, 0.3) is 0 Å². The van der Waals surface area contributed by atoms with Crippen molar-refractivity contribution in [3.63, 3.8) is 0 Å². The summed E-state index contributed by atoms with van der Waals surface area (Å²) in [4.78, 5) is 8.81. The molecule has 0 aliphatic heterocycles. The molecule has 2 heterocycles. The molecule has 0 aliphatic carbocycles. The lowest BCUT2D eigenvalue weighted by Gasteiger charge is -2.16. The van der Waals surface area contributed by atoms with Crippen molar-refractivity contribution in [2.24, 2.45) is 0 Å². The van der Waals surface area contributed by atoms with Crippen LogP contribution in [0.15, 0.2) is 12.3 Å². The standard InChI is InChI=1S/C10H13ClN4/c1-7-4-8-10(12-6-7)15(14(2)3)9(5-11)13-8/h4,6H,5H2,1-3H3. The van der Waals surface area contributed by atoms with Crippen LogP contribution in [0.3, 0.4) is 0 Å². The summed E-state index contributed by atoms with van der Waals surface area (Å²) in [7, 11) is 3.89. The summed E-state index contributed by atoms with van der Waals surface area (Å²) in [5.74, 6) is 1.20. The molecule has 5 heteroatoms. The Balaban J connectivity index is 2.74. The molecule has 0 unspecified atom stereocenters. The number of hydrogen-bond acceptors (Lipinski definition) is 3. The molecule has 0 radical (unpaired) electrons. The van der Waals surface area contributed by atoms with Crippen LogP contribution in [0.2, 0.25) is 0 Å². The molecule has 0 saturated carbocycles. The number of halogens is 1. The van der Waals surface area contributed by atoms with Crippen molar-refractivity contribution in [2.45, 2.75) is 12.8 Å². The molecule has 2 aromatic rings. The smallest absolute Gasteiger partial charge is 0.179 e. The Labute approximate surface area is 93.5 Å². The first-order chi connectivity index (χ1) is 7.13. The second-order valence-electron chi connectivity index (χ2n) is 3.68. The normalized spacial score (nSPS) is 10.9. The lowest BCUT2D eigenvalue weighted by atomic mass is 10.3. The maximum Gasteiger partial charge on any atom is 0.179 e. The molecule has 0 amide bonds. The SMILES string of the molecule is Cc1cnc2c(c1)nc(CCl)n2N(C)C. The number of rotatable bonds is 2. The number of fused-ring (bicyclic) bond motifs is 1. The number of aromatic nitrogens is 3. The number of hydrogen-bond donors (Lipinski definition) is 0. The Morgan fingerprint density at radius 3 is 2.80 bits per heavy atom.